The van der Waals surface area contributed by atoms with E-state index in [4.69, 9.17) is 0 Å². The van der Waals surface area contributed by atoms with Crippen molar-refractivity contribution in [2.24, 2.45) is 0 Å². The number of hydrogen-bond donors (Lipinski definition) is 0. The standard InChI is InChI=1S/C12H15F2NO2/c1-12(14,11(16)15(2)17-3)8-9-4-6-10(13)7-5-9/h4-7H,8H2,1-3H3. The molecule has 1 aromatic rings. The zero-order valence-electron chi connectivity index (χ0n) is 10.0. The number of benzene rings is 1. The number of carbonyl (C=O) groups is 1. The Morgan fingerprint density at radius 1 is 1.41 bits per heavy atom. The van der Waals surface area contributed by atoms with Crippen molar-refractivity contribution in [2.75, 3.05) is 14.2 Å². The van der Waals surface area contributed by atoms with Gasteiger partial charge in [-0.15, -0.1) is 0 Å². The molecule has 0 aliphatic carbocycles. The van der Waals surface area contributed by atoms with E-state index in [1.54, 1.807) is 0 Å². The maximum Gasteiger partial charge on any atom is 0.283 e. The average Bonchev–Trinajstić information content (AvgIpc) is 2.30. The van der Waals surface area contributed by atoms with Gasteiger partial charge in [-0.25, -0.2) is 13.8 Å². The van der Waals surface area contributed by atoms with Crippen LogP contribution in [0.25, 0.3) is 0 Å². The fourth-order valence-electron chi connectivity index (χ4n) is 1.47. The lowest BCUT2D eigenvalue weighted by Crippen LogP contribution is -2.43. The quantitative estimate of drug-likeness (QED) is 0.758. The second-order valence-corrected chi connectivity index (χ2v) is 3.99. The van der Waals surface area contributed by atoms with Gasteiger partial charge in [0.15, 0.2) is 5.67 Å². The van der Waals surface area contributed by atoms with Crippen LogP contribution < -0.4 is 0 Å². The SMILES string of the molecule is CON(C)C(=O)C(C)(F)Cc1ccc(F)cc1. The summed E-state index contributed by atoms with van der Waals surface area (Å²) in [6.07, 6.45) is -0.125. The van der Waals surface area contributed by atoms with Gasteiger partial charge in [0.1, 0.15) is 5.82 Å². The molecule has 0 radical (unpaired) electrons. The van der Waals surface area contributed by atoms with E-state index in [-0.39, 0.29) is 6.42 Å². The lowest BCUT2D eigenvalue weighted by atomic mass is 9.97. The zero-order chi connectivity index (χ0) is 13.1. The van der Waals surface area contributed by atoms with E-state index >= 15 is 0 Å². The maximum absolute atomic E-state index is 14.1. The molecule has 94 valence electrons. The number of amides is 1. The molecule has 0 bridgehead atoms. The Balaban J connectivity index is 2.78. The summed E-state index contributed by atoms with van der Waals surface area (Å²) in [6, 6.07) is 5.37. The predicted molar refractivity (Wildman–Crippen MR) is 59.4 cm³/mol. The molecule has 0 aliphatic rings. The fourth-order valence-corrected chi connectivity index (χ4v) is 1.47. The summed E-state index contributed by atoms with van der Waals surface area (Å²) in [7, 11) is 2.62. The highest BCUT2D eigenvalue weighted by molar-refractivity contribution is 5.83. The first-order valence-corrected chi connectivity index (χ1v) is 5.12. The van der Waals surface area contributed by atoms with Crippen molar-refractivity contribution in [1.29, 1.82) is 0 Å². The van der Waals surface area contributed by atoms with E-state index in [0.717, 1.165) is 5.06 Å². The summed E-state index contributed by atoms with van der Waals surface area (Å²) in [5.41, 5.74) is -1.53. The Hall–Kier alpha value is -1.49. The van der Waals surface area contributed by atoms with Crippen molar-refractivity contribution in [2.45, 2.75) is 19.0 Å². The molecule has 1 amide bonds. The topological polar surface area (TPSA) is 29.5 Å². The summed E-state index contributed by atoms with van der Waals surface area (Å²) in [5, 5.41) is 0.837. The van der Waals surface area contributed by atoms with Crippen molar-refractivity contribution in [3.05, 3.63) is 35.6 Å². The lowest BCUT2D eigenvalue weighted by molar-refractivity contribution is -0.180. The summed E-state index contributed by atoms with van der Waals surface area (Å²) >= 11 is 0. The number of alkyl halides is 1. The number of halogens is 2. The molecular weight excluding hydrogens is 228 g/mol. The molecule has 1 unspecified atom stereocenters. The Morgan fingerprint density at radius 3 is 2.41 bits per heavy atom. The van der Waals surface area contributed by atoms with Crippen LogP contribution in [0, 0.1) is 5.82 Å². The van der Waals surface area contributed by atoms with Crippen LogP contribution in [0.4, 0.5) is 8.78 Å². The molecule has 0 heterocycles. The number of carbonyl (C=O) groups excluding carboxylic acids is 1. The van der Waals surface area contributed by atoms with E-state index in [0.29, 0.717) is 5.56 Å². The Morgan fingerprint density at radius 2 is 1.94 bits per heavy atom. The van der Waals surface area contributed by atoms with Crippen molar-refractivity contribution in [3.8, 4) is 0 Å². The number of nitrogens with zero attached hydrogens (tertiary/aromatic N) is 1. The van der Waals surface area contributed by atoms with E-state index in [2.05, 4.69) is 4.84 Å². The molecule has 0 aromatic heterocycles. The molecule has 3 nitrogen and oxygen atoms in total. The summed E-state index contributed by atoms with van der Waals surface area (Å²) < 4.78 is 26.8. The number of hydrogen-bond acceptors (Lipinski definition) is 2. The van der Waals surface area contributed by atoms with Crippen LogP contribution in [0.3, 0.4) is 0 Å². The molecule has 0 aliphatic heterocycles. The molecule has 17 heavy (non-hydrogen) atoms. The van der Waals surface area contributed by atoms with Gasteiger partial charge in [0.05, 0.1) is 7.11 Å². The van der Waals surface area contributed by atoms with Crippen LogP contribution >= 0.6 is 0 Å². The van der Waals surface area contributed by atoms with Crippen LogP contribution in [0.15, 0.2) is 24.3 Å². The molecule has 0 saturated heterocycles. The van der Waals surface area contributed by atoms with E-state index < -0.39 is 17.4 Å². The number of hydroxylamine groups is 2. The van der Waals surface area contributed by atoms with Gasteiger partial charge >= 0.3 is 0 Å². The highest BCUT2D eigenvalue weighted by atomic mass is 19.1. The first-order valence-electron chi connectivity index (χ1n) is 5.12. The third kappa shape index (κ3) is 3.49. The van der Waals surface area contributed by atoms with Gasteiger partial charge in [0.25, 0.3) is 5.91 Å². The van der Waals surface area contributed by atoms with Gasteiger partial charge in [-0.05, 0) is 24.6 Å². The lowest BCUT2D eigenvalue weighted by Gasteiger charge is -2.24. The van der Waals surface area contributed by atoms with Crippen molar-refractivity contribution in [3.63, 3.8) is 0 Å². The van der Waals surface area contributed by atoms with Gasteiger partial charge in [0.2, 0.25) is 0 Å². The van der Waals surface area contributed by atoms with Crippen molar-refractivity contribution in [1.82, 2.24) is 5.06 Å². The van der Waals surface area contributed by atoms with Gasteiger partial charge in [-0.1, -0.05) is 12.1 Å². The monoisotopic (exact) mass is 243 g/mol. The summed E-state index contributed by atoms with van der Waals surface area (Å²) in [6.45, 7) is 1.17. The molecule has 0 spiro atoms. The Bertz CT molecular complexity index is 390. The first kappa shape index (κ1) is 13.6. The Labute approximate surface area is 98.9 Å². The van der Waals surface area contributed by atoms with E-state index in [1.807, 2.05) is 0 Å². The molecule has 5 heteroatoms. The van der Waals surface area contributed by atoms with E-state index in [1.165, 1.54) is 45.3 Å². The highest BCUT2D eigenvalue weighted by Gasteiger charge is 2.36. The molecular formula is C12H15F2NO2. The fraction of sp³-hybridized carbons (Fsp3) is 0.417. The van der Waals surface area contributed by atoms with Crippen LogP contribution in [0.5, 0.6) is 0 Å². The van der Waals surface area contributed by atoms with Crippen molar-refractivity contribution < 1.29 is 18.4 Å². The third-order valence-corrected chi connectivity index (χ3v) is 2.46. The third-order valence-electron chi connectivity index (χ3n) is 2.46. The first-order chi connectivity index (χ1) is 7.86. The average molecular weight is 243 g/mol. The summed E-state index contributed by atoms with van der Waals surface area (Å²) in [4.78, 5) is 16.3. The minimum Gasteiger partial charge on any atom is -0.274 e. The second kappa shape index (κ2) is 5.23. The predicted octanol–water partition coefficient (Wildman–Crippen LogP) is 2.12. The van der Waals surface area contributed by atoms with Gasteiger partial charge in [-0.3, -0.25) is 9.63 Å². The molecule has 1 aromatic carbocycles. The minimum absolute atomic E-state index is 0.125. The van der Waals surface area contributed by atoms with Crippen LogP contribution in [0.1, 0.15) is 12.5 Å². The normalized spacial score (nSPS) is 14.2. The van der Waals surface area contributed by atoms with Crippen LogP contribution in [0.2, 0.25) is 0 Å². The Kier molecular flexibility index (Phi) is 4.17. The van der Waals surface area contributed by atoms with Gasteiger partial charge in [-0.2, -0.15) is 0 Å². The molecule has 0 fully saturated rings. The van der Waals surface area contributed by atoms with Gasteiger partial charge < -0.3 is 0 Å². The minimum atomic E-state index is -2.08. The van der Waals surface area contributed by atoms with Crippen molar-refractivity contribution >= 4 is 5.91 Å². The maximum atomic E-state index is 14.1. The largest absolute Gasteiger partial charge is 0.283 e. The smallest absolute Gasteiger partial charge is 0.274 e. The number of rotatable bonds is 4. The molecule has 1 rings (SSSR count). The van der Waals surface area contributed by atoms with Crippen LogP contribution in [-0.4, -0.2) is 30.8 Å². The van der Waals surface area contributed by atoms with Gasteiger partial charge in [0, 0.05) is 13.5 Å². The molecule has 0 saturated carbocycles. The van der Waals surface area contributed by atoms with Crippen LogP contribution in [-0.2, 0) is 16.1 Å². The second-order valence-electron chi connectivity index (χ2n) is 3.99. The van der Waals surface area contributed by atoms with E-state index in [9.17, 15) is 13.6 Å². The highest BCUT2D eigenvalue weighted by Crippen LogP contribution is 2.20. The zero-order valence-corrected chi connectivity index (χ0v) is 10.0. The summed E-state index contributed by atoms with van der Waals surface area (Å²) in [5.74, 6) is -1.17. The molecule has 0 N–H and O–H groups in total. The molecule has 1 atom stereocenters.